The maximum absolute atomic E-state index is 12.5. The zero-order chi connectivity index (χ0) is 24.9. The van der Waals surface area contributed by atoms with E-state index in [4.69, 9.17) is 0 Å². The van der Waals surface area contributed by atoms with Crippen LogP contribution in [-0.4, -0.2) is 37.7 Å². The van der Waals surface area contributed by atoms with Gasteiger partial charge in [-0.15, -0.1) is 10.2 Å². The number of carbonyl (C=O) groups is 1. The molecule has 0 spiro atoms. The highest BCUT2D eigenvalue weighted by Crippen LogP contribution is 2.29. The topological polar surface area (TPSA) is 92.4 Å². The number of nitrogens with zero attached hydrogens (tertiary/aromatic N) is 4. The fourth-order valence-corrected chi connectivity index (χ4v) is 4.72. The van der Waals surface area contributed by atoms with Crippen LogP contribution < -0.4 is 5.43 Å². The van der Waals surface area contributed by atoms with Crippen molar-refractivity contribution in [2.75, 3.05) is 5.75 Å². The number of benzene rings is 4. The molecule has 2 N–H and O–H groups in total. The Balaban J connectivity index is 1.33. The van der Waals surface area contributed by atoms with Gasteiger partial charge in [0.25, 0.3) is 5.91 Å². The molecule has 0 bridgehead atoms. The number of hydrogen-bond acceptors (Lipinski definition) is 6. The molecule has 0 aliphatic rings. The summed E-state index contributed by atoms with van der Waals surface area (Å²) in [6.45, 7) is 0. The SMILES string of the molecule is O=C(CSc1nnc(-c2ccc(Br)cc2)n1-c1ccccc1)N/N=C\c1c(O)ccc2ccccc12. The Bertz CT molecular complexity index is 1550. The molecule has 36 heavy (non-hydrogen) atoms. The van der Waals surface area contributed by atoms with E-state index in [0.29, 0.717) is 16.5 Å². The van der Waals surface area contributed by atoms with Gasteiger partial charge in [0.1, 0.15) is 5.75 Å². The number of fused-ring (bicyclic) bond motifs is 1. The molecule has 1 amide bonds. The Labute approximate surface area is 220 Å². The van der Waals surface area contributed by atoms with Crippen LogP contribution in [0.2, 0.25) is 0 Å². The molecule has 0 saturated carbocycles. The lowest BCUT2D eigenvalue weighted by molar-refractivity contribution is -0.118. The van der Waals surface area contributed by atoms with Gasteiger partial charge < -0.3 is 5.11 Å². The average Bonchev–Trinajstić information content (AvgIpc) is 3.33. The second-order valence-electron chi connectivity index (χ2n) is 7.79. The number of rotatable bonds is 7. The third-order valence-electron chi connectivity index (χ3n) is 5.41. The fraction of sp³-hybridized carbons (Fsp3) is 0.0370. The van der Waals surface area contributed by atoms with E-state index in [1.807, 2.05) is 89.5 Å². The summed E-state index contributed by atoms with van der Waals surface area (Å²) in [7, 11) is 0. The van der Waals surface area contributed by atoms with Crippen molar-refractivity contribution in [1.29, 1.82) is 0 Å². The number of hydrazone groups is 1. The number of hydrogen-bond donors (Lipinski definition) is 2. The summed E-state index contributed by atoms with van der Waals surface area (Å²) in [6.07, 6.45) is 1.46. The highest BCUT2D eigenvalue weighted by Gasteiger charge is 2.17. The quantitative estimate of drug-likeness (QED) is 0.150. The van der Waals surface area contributed by atoms with E-state index in [1.165, 1.54) is 18.0 Å². The van der Waals surface area contributed by atoms with Gasteiger partial charge in [0.05, 0.1) is 12.0 Å². The van der Waals surface area contributed by atoms with Gasteiger partial charge in [-0.05, 0) is 41.1 Å². The second-order valence-corrected chi connectivity index (χ2v) is 9.64. The number of phenols is 1. The average molecular weight is 558 g/mol. The molecule has 5 aromatic rings. The molecule has 0 aliphatic carbocycles. The minimum atomic E-state index is -0.302. The first kappa shape index (κ1) is 23.8. The number of phenolic OH excluding ortho intramolecular Hbond substituents is 1. The third-order valence-corrected chi connectivity index (χ3v) is 6.87. The summed E-state index contributed by atoms with van der Waals surface area (Å²) in [5, 5.41) is 25.5. The molecular formula is C27H20BrN5O2S. The summed E-state index contributed by atoms with van der Waals surface area (Å²) in [5.41, 5.74) is 4.88. The fourth-order valence-electron chi connectivity index (χ4n) is 3.71. The van der Waals surface area contributed by atoms with E-state index in [1.54, 1.807) is 6.07 Å². The molecule has 0 unspecified atom stereocenters. The van der Waals surface area contributed by atoms with Crippen LogP contribution in [0.4, 0.5) is 0 Å². The Morgan fingerprint density at radius 2 is 1.72 bits per heavy atom. The van der Waals surface area contributed by atoms with Crippen molar-refractivity contribution in [2.24, 2.45) is 5.10 Å². The Morgan fingerprint density at radius 1 is 0.972 bits per heavy atom. The molecule has 1 aromatic heterocycles. The van der Waals surface area contributed by atoms with Crippen LogP contribution in [0.15, 0.2) is 106 Å². The molecular weight excluding hydrogens is 538 g/mol. The normalized spacial score (nSPS) is 11.2. The van der Waals surface area contributed by atoms with Crippen LogP contribution >= 0.6 is 27.7 Å². The lowest BCUT2D eigenvalue weighted by Crippen LogP contribution is -2.20. The van der Waals surface area contributed by atoms with Gasteiger partial charge in [-0.25, -0.2) is 5.43 Å². The molecule has 0 fully saturated rings. The molecule has 7 nitrogen and oxygen atoms in total. The lowest BCUT2D eigenvalue weighted by Gasteiger charge is -2.10. The maximum Gasteiger partial charge on any atom is 0.250 e. The number of carbonyl (C=O) groups excluding carboxylic acids is 1. The van der Waals surface area contributed by atoms with E-state index in [9.17, 15) is 9.90 Å². The van der Waals surface area contributed by atoms with Crippen LogP contribution in [0.5, 0.6) is 5.75 Å². The summed E-state index contributed by atoms with van der Waals surface area (Å²) < 4.78 is 2.90. The number of aromatic hydroxyl groups is 1. The van der Waals surface area contributed by atoms with Crippen LogP contribution in [0.1, 0.15) is 5.56 Å². The van der Waals surface area contributed by atoms with Crippen LogP contribution in [0.25, 0.3) is 27.8 Å². The maximum atomic E-state index is 12.5. The van der Waals surface area contributed by atoms with Gasteiger partial charge in [0.15, 0.2) is 11.0 Å². The van der Waals surface area contributed by atoms with Gasteiger partial charge in [0, 0.05) is 21.3 Å². The predicted octanol–water partition coefficient (Wildman–Crippen LogP) is 5.80. The second kappa shape index (κ2) is 10.8. The number of halogens is 1. The van der Waals surface area contributed by atoms with Crippen molar-refractivity contribution in [3.05, 3.63) is 101 Å². The minimum Gasteiger partial charge on any atom is -0.507 e. The highest BCUT2D eigenvalue weighted by atomic mass is 79.9. The number of amides is 1. The van der Waals surface area contributed by atoms with Crippen LogP contribution in [0, 0.1) is 0 Å². The molecule has 4 aromatic carbocycles. The van der Waals surface area contributed by atoms with Gasteiger partial charge in [-0.2, -0.15) is 5.10 Å². The smallest absolute Gasteiger partial charge is 0.250 e. The van der Waals surface area contributed by atoms with Crippen molar-refractivity contribution in [3.63, 3.8) is 0 Å². The van der Waals surface area contributed by atoms with Crippen molar-refractivity contribution in [1.82, 2.24) is 20.2 Å². The first-order valence-electron chi connectivity index (χ1n) is 11.0. The van der Waals surface area contributed by atoms with E-state index >= 15 is 0 Å². The van der Waals surface area contributed by atoms with Gasteiger partial charge in [-0.3, -0.25) is 9.36 Å². The number of aromatic nitrogens is 3. The molecule has 5 rings (SSSR count). The van der Waals surface area contributed by atoms with Crippen molar-refractivity contribution in [3.8, 4) is 22.8 Å². The predicted molar refractivity (Wildman–Crippen MR) is 147 cm³/mol. The number of para-hydroxylation sites is 1. The molecule has 0 aliphatic heterocycles. The Hall–Kier alpha value is -3.95. The molecule has 178 valence electrons. The third kappa shape index (κ3) is 5.17. The zero-order valence-electron chi connectivity index (χ0n) is 18.9. The monoisotopic (exact) mass is 557 g/mol. The highest BCUT2D eigenvalue weighted by molar-refractivity contribution is 9.10. The zero-order valence-corrected chi connectivity index (χ0v) is 21.3. The van der Waals surface area contributed by atoms with E-state index in [2.05, 4.69) is 36.7 Å². The minimum absolute atomic E-state index is 0.0875. The summed E-state index contributed by atoms with van der Waals surface area (Å²) in [4.78, 5) is 12.5. The van der Waals surface area contributed by atoms with Crippen LogP contribution in [0.3, 0.4) is 0 Å². The first-order chi connectivity index (χ1) is 17.6. The summed E-state index contributed by atoms with van der Waals surface area (Å²) >= 11 is 4.73. The molecule has 1 heterocycles. The molecule has 9 heteroatoms. The number of nitrogens with one attached hydrogen (secondary N) is 1. The van der Waals surface area contributed by atoms with Crippen molar-refractivity contribution >= 4 is 50.6 Å². The van der Waals surface area contributed by atoms with Gasteiger partial charge in [-0.1, -0.05) is 88.4 Å². The number of thioether (sulfide) groups is 1. The summed E-state index contributed by atoms with van der Waals surface area (Å²) in [6, 6.07) is 28.7. The van der Waals surface area contributed by atoms with E-state index in [-0.39, 0.29) is 17.4 Å². The summed E-state index contributed by atoms with van der Waals surface area (Å²) in [5.74, 6) is 0.562. The Kier molecular flexibility index (Phi) is 7.11. The lowest BCUT2D eigenvalue weighted by atomic mass is 10.0. The van der Waals surface area contributed by atoms with Crippen LogP contribution in [-0.2, 0) is 4.79 Å². The largest absolute Gasteiger partial charge is 0.507 e. The standard InChI is InChI=1S/C27H20BrN5O2S/c28-20-13-10-19(11-14-20)26-31-32-27(33(26)21-7-2-1-3-8-21)36-17-25(35)30-29-16-23-22-9-5-4-6-18(22)12-15-24(23)34/h1-16,34H,17H2,(H,30,35)/b29-16-. The molecule has 0 radical (unpaired) electrons. The molecule has 0 atom stereocenters. The first-order valence-corrected chi connectivity index (χ1v) is 12.8. The Morgan fingerprint density at radius 3 is 2.53 bits per heavy atom. The van der Waals surface area contributed by atoms with Gasteiger partial charge >= 0.3 is 0 Å². The van der Waals surface area contributed by atoms with Gasteiger partial charge in [0.2, 0.25) is 0 Å². The van der Waals surface area contributed by atoms with E-state index in [0.717, 1.165) is 26.5 Å². The van der Waals surface area contributed by atoms with E-state index < -0.39 is 0 Å². The van der Waals surface area contributed by atoms with Crippen molar-refractivity contribution in [2.45, 2.75) is 5.16 Å². The molecule has 0 saturated heterocycles. The van der Waals surface area contributed by atoms with Crippen molar-refractivity contribution < 1.29 is 9.90 Å².